The van der Waals surface area contributed by atoms with Gasteiger partial charge < -0.3 is 19.3 Å². The molecule has 3 aliphatic rings. The summed E-state index contributed by atoms with van der Waals surface area (Å²) in [4.78, 5) is 5.23. The summed E-state index contributed by atoms with van der Waals surface area (Å²) in [6.45, 7) is 2.20. The highest BCUT2D eigenvalue weighted by Gasteiger charge is 2.26. The molecule has 0 aliphatic carbocycles. The molecule has 2 N–H and O–H groups in total. The van der Waals surface area contributed by atoms with Crippen LogP contribution in [0.3, 0.4) is 0 Å². The van der Waals surface area contributed by atoms with Crippen molar-refractivity contribution in [3.63, 3.8) is 0 Å². The van der Waals surface area contributed by atoms with Crippen molar-refractivity contribution in [3.8, 4) is 0 Å². The van der Waals surface area contributed by atoms with E-state index in [9.17, 15) is 5.11 Å². The summed E-state index contributed by atoms with van der Waals surface area (Å²) in [5.41, 5.74) is 2.51. The van der Waals surface area contributed by atoms with Gasteiger partial charge in [0, 0.05) is 0 Å². The molecule has 0 saturated carbocycles. The third kappa shape index (κ3) is 3.22. The lowest BCUT2D eigenvalue weighted by molar-refractivity contribution is -0.200. The van der Waals surface area contributed by atoms with Gasteiger partial charge in [0.1, 0.15) is 25.4 Å². The number of epoxide rings is 2. The first-order valence-electron chi connectivity index (χ1n) is 5.34. The first-order chi connectivity index (χ1) is 8.29. The molecule has 2 saturated heterocycles. The summed E-state index contributed by atoms with van der Waals surface area (Å²) in [7, 11) is 0. The van der Waals surface area contributed by atoms with Crippen LogP contribution in [0.5, 0.6) is 0 Å². The van der Waals surface area contributed by atoms with Gasteiger partial charge in [-0.1, -0.05) is 10.4 Å². The van der Waals surface area contributed by atoms with Crippen LogP contribution in [0.25, 0.3) is 0 Å². The van der Waals surface area contributed by atoms with Gasteiger partial charge in [-0.05, 0) is 0 Å². The third-order valence-corrected chi connectivity index (χ3v) is 2.26. The van der Waals surface area contributed by atoms with Crippen LogP contribution in [0, 0.1) is 0 Å². The van der Waals surface area contributed by atoms with Gasteiger partial charge >= 0.3 is 0 Å². The summed E-state index contributed by atoms with van der Waals surface area (Å²) in [6, 6.07) is 0. The maximum Gasteiger partial charge on any atom is 0.240 e. The van der Waals surface area contributed by atoms with E-state index in [-0.39, 0.29) is 24.0 Å². The van der Waals surface area contributed by atoms with Gasteiger partial charge in [-0.25, -0.2) is 10.3 Å². The first-order valence-corrected chi connectivity index (χ1v) is 5.34. The lowest BCUT2D eigenvalue weighted by Gasteiger charge is -2.22. The number of ether oxygens (including phenoxy) is 3. The molecule has 0 bridgehead atoms. The first kappa shape index (κ1) is 10.6. The average Bonchev–Trinajstić information content (AvgIpc) is 3.15. The minimum Gasteiger partial charge on any atom is -0.493 e. The van der Waals surface area contributed by atoms with Gasteiger partial charge in [0.25, 0.3) is 0 Å². The highest BCUT2D eigenvalue weighted by atomic mass is 16.8. The fourth-order valence-corrected chi connectivity index (χ4v) is 1.18. The second kappa shape index (κ2) is 4.40. The van der Waals surface area contributed by atoms with Crippen LogP contribution in [0.15, 0.2) is 17.1 Å². The molecule has 0 amide bonds. The lowest BCUT2D eigenvalue weighted by atomic mass is 10.5. The predicted molar refractivity (Wildman–Crippen MR) is 54.5 cm³/mol. The van der Waals surface area contributed by atoms with Crippen molar-refractivity contribution < 1.29 is 24.2 Å². The minimum absolute atomic E-state index is 0.0940. The number of nitrogens with one attached hydrogen (secondary N) is 1. The summed E-state index contributed by atoms with van der Waals surface area (Å²) < 4.78 is 15.3. The number of aliphatic hydroxyl groups excluding tert-OH is 1. The zero-order valence-corrected chi connectivity index (χ0v) is 9.04. The van der Waals surface area contributed by atoms with Gasteiger partial charge in [0.05, 0.1) is 19.3 Å². The molecule has 2 unspecified atom stereocenters. The zero-order chi connectivity index (χ0) is 11.7. The van der Waals surface area contributed by atoms with E-state index in [1.54, 1.807) is 0 Å². The largest absolute Gasteiger partial charge is 0.493 e. The van der Waals surface area contributed by atoms with Crippen molar-refractivity contribution in [3.05, 3.63) is 12.0 Å². The Morgan fingerprint density at radius 3 is 2.82 bits per heavy atom. The number of nitrogens with zero attached hydrogens (tertiary/aromatic N) is 2. The average molecular weight is 243 g/mol. The fourth-order valence-electron chi connectivity index (χ4n) is 1.18. The Hall–Kier alpha value is -1.51. The van der Waals surface area contributed by atoms with E-state index in [1.165, 1.54) is 6.08 Å². The standard InChI is InChI=1S/C9H13N3O5/c13-8-1-9(16-4-6-2-14-6)11-12(10-8)17-5-7-3-15-7/h1,6-7,10,13H,2-5H2. The molecule has 2 atom stereocenters. The number of hydrazine groups is 1. The number of aliphatic hydroxyl groups is 1. The maximum atomic E-state index is 9.42. The molecule has 94 valence electrons. The van der Waals surface area contributed by atoms with Crippen molar-refractivity contribution in [1.29, 1.82) is 0 Å². The Labute approximate surface area is 97.3 Å². The van der Waals surface area contributed by atoms with Crippen LogP contribution in [0.2, 0.25) is 0 Å². The molecule has 0 spiro atoms. The summed E-state index contributed by atoms with van der Waals surface area (Å²) in [5.74, 6) is 0.178. The van der Waals surface area contributed by atoms with E-state index in [4.69, 9.17) is 19.0 Å². The van der Waals surface area contributed by atoms with E-state index in [1.807, 2.05) is 0 Å². The number of hydrazone groups is 1. The van der Waals surface area contributed by atoms with Crippen molar-refractivity contribution >= 4 is 5.90 Å². The van der Waals surface area contributed by atoms with Crippen LogP contribution < -0.4 is 5.43 Å². The Bertz CT molecular complexity index is 351. The molecule has 8 heteroatoms. The van der Waals surface area contributed by atoms with Crippen LogP contribution >= 0.6 is 0 Å². The van der Waals surface area contributed by atoms with Crippen molar-refractivity contribution in [2.45, 2.75) is 12.2 Å². The molecule has 3 aliphatic heterocycles. The molecule has 3 rings (SSSR count). The van der Waals surface area contributed by atoms with E-state index < -0.39 is 0 Å². The van der Waals surface area contributed by atoms with Crippen LogP contribution in [-0.4, -0.2) is 54.9 Å². The van der Waals surface area contributed by atoms with Gasteiger partial charge in [-0.3, -0.25) is 0 Å². The second-order valence-electron chi connectivity index (χ2n) is 3.87. The smallest absolute Gasteiger partial charge is 0.240 e. The quantitative estimate of drug-likeness (QED) is 0.615. The molecule has 0 aromatic rings. The van der Waals surface area contributed by atoms with E-state index in [0.717, 1.165) is 5.28 Å². The molecule has 17 heavy (non-hydrogen) atoms. The summed E-state index contributed by atoms with van der Waals surface area (Å²) >= 11 is 0. The van der Waals surface area contributed by atoms with Gasteiger partial charge in [-0.2, -0.15) is 0 Å². The normalized spacial score (nSPS) is 30.2. The SMILES string of the molecule is OC1=CC(OCC2CO2)=NN(OCC2CO2)N1. The van der Waals surface area contributed by atoms with Crippen molar-refractivity contribution in [2.75, 3.05) is 26.4 Å². The summed E-state index contributed by atoms with van der Waals surface area (Å²) in [5, 5.41) is 14.5. The second-order valence-corrected chi connectivity index (χ2v) is 3.87. The van der Waals surface area contributed by atoms with Crippen molar-refractivity contribution in [2.24, 2.45) is 5.10 Å². The Balaban J connectivity index is 1.50. The molecule has 0 radical (unpaired) electrons. The van der Waals surface area contributed by atoms with Gasteiger partial charge in [0.15, 0.2) is 0 Å². The van der Waals surface area contributed by atoms with Crippen LogP contribution in [0.1, 0.15) is 0 Å². The molecular formula is C9H13N3O5. The highest BCUT2D eigenvalue weighted by Crippen LogP contribution is 2.12. The molecule has 0 aromatic heterocycles. The molecule has 8 nitrogen and oxygen atoms in total. The zero-order valence-electron chi connectivity index (χ0n) is 9.04. The number of hydrogen-bond acceptors (Lipinski definition) is 8. The van der Waals surface area contributed by atoms with E-state index in [0.29, 0.717) is 26.4 Å². The van der Waals surface area contributed by atoms with Crippen LogP contribution in [0.4, 0.5) is 0 Å². The van der Waals surface area contributed by atoms with E-state index >= 15 is 0 Å². The monoisotopic (exact) mass is 243 g/mol. The molecule has 0 aromatic carbocycles. The fraction of sp³-hybridized carbons (Fsp3) is 0.667. The maximum absolute atomic E-state index is 9.42. The highest BCUT2D eigenvalue weighted by molar-refractivity contribution is 5.88. The van der Waals surface area contributed by atoms with Crippen molar-refractivity contribution in [1.82, 2.24) is 10.7 Å². The minimum atomic E-state index is -0.0940. The van der Waals surface area contributed by atoms with Gasteiger partial charge in [-0.15, -0.1) is 0 Å². The predicted octanol–water partition coefficient (Wildman–Crippen LogP) is -0.735. The molecule has 2 fully saturated rings. The topological polar surface area (TPSA) is 91.4 Å². The lowest BCUT2D eigenvalue weighted by Crippen LogP contribution is -2.38. The van der Waals surface area contributed by atoms with E-state index in [2.05, 4.69) is 10.5 Å². The molecular weight excluding hydrogens is 230 g/mol. The Kier molecular flexibility index (Phi) is 2.75. The molecule has 3 heterocycles. The number of hydrogen-bond donors (Lipinski definition) is 2. The van der Waals surface area contributed by atoms with Crippen LogP contribution in [-0.2, 0) is 19.0 Å². The summed E-state index contributed by atoms with van der Waals surface area (Å²) in [6.07, 6.45) is 1.62. The third-order valence-electron chi connectivity index (χ3n) is 2.26. The Morgan fingerprint density at radius 1 is 1.41 bits per heavy atom. The van der Waals surface area contributed by atoms with Gasteiger partial charge in [0.2, 0.25) is 11.8 Å². The Morgan fingerprint density at radius 2 is 2.12 bits per heavy atom. The number of rotatable bonds is 5.